The summed E-state index contributed by atoms with van der Waals surface area (Å²) in [6, 6.07) is 0.0452. The zero-order chi connectivity index (χ0) is 12.7. The molecule has 1 N–H and O–H groups in total. The van der Waals surface area contributed by atoms with Gasteiger partial charge < -0.3 is 19.6 Å². The average molecular weight is 254 g/mol. The first-order valence-corrected chi connectivity index (χ1v) is 6.56. The Hall–Kier alpha value is -1.30. The second-order valence-electron chi connectivity index (χ2n) is 5.27. The molecule has 0 aliphatic carbocycles. The number of carbonyl (C=O) groups is 2. The Balaban J connectivity index is 1.72. The maximum absolute atomic E-state index is 12.4. The van der Waals surface area contributed by atoms with E-state index in [9.17, 15) is 14.7 Å². The van der Waals surface area contributed by atoms with Gasteiger partial charge in [-0.1, -0.05) is 0 Å². The van der Waals surface area contributed by atoms with Gasteiger partial charge in [-0.05, 0) is 19.3 Å². The largest absolute Gasteiger partial charge is 0.481 e. The fraction of sp³-hybridized carbons (Fsp3) is 0.833. The summed E-state index contributed by atoms with van der Waals surface area (Å²) in [5.41, 5.74) is 0. The van der Waals surface area contributed by atoms with Crippen LogP contribution in [0.3, 0.4) is 0 Å². The van der Waals surface area contributed by atoms with Crippen LogP contribution in [-0.4, -0.2) is 65.3 Å². The molecule has 3 atom stereocenters. The predicted molar refractivity (Wildman–Crippen MR) is 62.2 cm³/mol. The Labute approximate surface area is 105 Å². The zero-order valence-electron chi connectivity index (χ0n) is 10.2. The molecular weight excluding hydrogens is 236 g/mol. The highest BCUT2D eigenvalue weighted by Crippen LogP contribution is 2.42. The summed E-state index contributed by atoms with van der Waals surface area (Å²) >= 11 is 0. The molecule has 100 valence electrons. The number of ether oxygens (including phenoxy) is 1. The van der Waals surface area contributed by atoms with E-state index in [0.717, 1.165) is 12.8 Å². The average Bonchev–Trinajstić information content (AvgIpc) is 2.96. The first kappa shape index (κ1) is 11.8. The van der Waals surface area contributed by atoms with E-state index in [-0.39, 0.29) is 24.0 Å². The van der Waals surface area contributed by atoms with Crippen LogP contribution in [-0.2, 0) is 9.53 Å². The minimum Gasteiger partial charge on any atom is -0.481 e. The molecule has 3 rings (SSSR count). The molecule has 3 aliphatic rings. The number of morpholine rings is 1. The molecule has 3 aliphatic heterocycles. The minimum atomic E-state index is -0.762. The third kappa shape index (κ3) is 1.75. The third-order valence-electron chi connectivity index (χ3n) is 4.36. The van der Waals surface area contributed by atoms with Crippen LogP contribution in [0.4, 0.5) is 4.79 Å². The number of carbonyl (C=O) groups excluding carboxylic acids is 1. The first-order chi connectivity index (χ1) is 8.68. The quantitative estimate of drug-likeness (QED) is 0.734. The Morgan fingerprint density at radius 1 is 1.17 bits per heavy atom. The highest BCUT2D eigenvalue weighted by molar-refractivity contribution is 5.79. The van der Waals surface area contributed by atoms with Crippen LogP contribution in [0.2, 0.25) is 0 Å². The van der Waals surface area contributed by atoms with Gasteiger partial charge >= 0.3 is 12.0 Å². The minimum absolute atomic E-state index is 0.00884. The lowest BCUT2D eigenvalue weighted by Gasteiger charge is -2.33. The number of fused-ring (bicyclic) bond motifs is 2. The summed E-state index contributed by atoms with van der Waals surface area (Å²) < 4.78 is 5.23. The molecule has 3 heterocycles. The van der Waals surface area contributed by atoms with Gasteiger partial charge in [0.05, 0.1) is 19.1 Å². The lowest BCUT2D eigenvalue weighted by Crippen LogP contribution is -2.50. The molecule has 0 spiro atoms. The van der Waals surface area contributed by atoms with Crippen molar-refractivity contribution in [2.45, 2.75) is 31.3 Å². The van der Waals surface area contributed by atoms with E-state index in [1.54, 1.807) is 4.90 Å². The number of carboxylic acids is 1. The van der Waals surface area contributed by atoms with E-state index in [2.05, 4.69) is 0 Å². The molecule has 0 unspecified atom stereocenters. The molecule has 6 nitrogen and oxygen atoms in total. The van der Waals surface area contributed by atoms with Gasteiger partial charge in [-0.25, -0.2) is 4.79 Å². The Morgan fingerprint density at radius 2 is 1.89 bits per heavy atom. The Bertz CT molecular complexity index is 367. The highest BCUT2D eigenvalue weighted by atomic mass is 16.5. The van der Waals surface area contributed by atoms with E-state index < -0.39 is 5.97 Å². The molecule has 0 aromatic heterocycles. The summed E-state index contributed by atoms with van der Waals surface area (Å²) in [6.45, 7) is 2.40. The van der Waals surface area contributed by atoms with Gasteiger partial charge in [-0.2, -0.15) is 0 Å². The second-order valence-corrected chi connectivity index (χ2v) is 5.27. The monoisotopic (exact) mass is 254 g/mol. The SMILES string of the molecule is O=C(O)[C@@H]1C[C@H]2CC[C@H]1N2C(=O)N1CCOCC1. The first-order valence-electron chi connectivity index (χ1n) is 6.56. The topological polar surface area (TPSA) is 70.1 Å². The van der Waals surface area contributed by atoms with Gasteiger partial charge in [0, 0.05) is 25.2 Å². The second kappa shape index (κ2) is 4.42. The standard InChI is InChI=1S/C12H18N2O4/c15-11(16)9-7-8-1-2-10(9)14(8)12(17)13-3-5-18-6-4-13/h8-10H,1-7H2,(H,15,16)/t8-,9-,10-/m1/s1. The zero-order valence-corrected chi connectivity index (χ0v) is 10.2. The van der Waals surface area contributed by atoms with Crippen LogP contribution in [0.5, 0.6) is 0 Å². The van der Waals surface area contributed by atoms with E-state index in [4.69, 9.17) is 4.74 Å². The van der Waals surface area contributed by atoms with Gasteiger partial charge in [0.15, 0.2) is 0 Å². The number of amides is 2. The van der Waals surface area contributed by atoms with Crippen molar-refractivity contribution < 1.29 is 19.4 Å². The molecule has 3 saturated heterocycles. The summed E-state index contributed by atoms with van der Waals surface area (Å²) in [4.78, 5) is 27.2. The highest BCUT2D eigenvalue weighted by Gasteiger charge is 2.52. The van der Waals surface area contributed by atoms with Crippen molar-refractivity contribution >= 4 is 12.0 Å². The van der Waals surface area contributed by atoms with Gasteiger partial charge in [0.2, 0.25) is 0 Å². The number of hydrogen-bond donors (Lipinski definition) is 1. The van der Waals surface area contributed by atoms with Crippen molar-refractivity contribution in [3.05, 3.63) is 0 Å². The van der Waals surface area contributed by atoms with Crippen molar-refractivity contribution in [1.82, 2.24) is 9.80 Å². The maximum atomic E-state index is 12.4. The van der Waals surface area contributed by atoms with Crippen molar-refractivity contribution in [2.75, 3.05) is 26.3 Å². The number of hydrogen-bond acceptors (Lipinski definition) is 3. The molecular formula is C12H18N2O4. The third-order valence-corrected chi connectivity index (χ3v) is 4.36. The van der Waals surface area contributed by atoms with Gasteiger partial charge in [0.25, 0.3) is 0 Å². The lowest BCUT2D eigenvalue weighted by molar-refractivity contribution is -0.142. The number of urea groups is 1. The molecule has 0 radical (unpaired) electrons. The van der Waals surface area contributed by atoms with E-state index in [0.29, 0.717) is 32.7 Å². The molecule has 18 heavy (non-hydrogen) atoms. The van der Waals surface area contributed by atoms with E-state index in [1.807, 2.05) is 4.90 Å². The van der Waals surface area contributed by atoms with E-state index >= 15 is 0 Å². The predicted octanol–water partition coefficient (Wildman–Crippen LogP) is 0.376. The smallest absolute Gasteiger partial charge is 0.320 e. The molecule has 2 bridgehead atoms. The molecule has 6 heteroatoms. The van der Waals surface area contributed by atoms with Gasteiger partial charge in [0.1, 0.15) is 0 Å². The van der Waals surface area contributed by atoms with Crippen molar-refractivity contribution in [1.29, 1.82) is 0 Å². The van der Waals surface area contributed by atoms with Crippen LogP contribution < -0.4 is 0 Å². The van der Waals surface area contributed by atoms with Crippen LogP contribution in [0.1, 0.15) is 19.3 Å². The number of carboxylic acid groups (broad SMARTS) is 1. The summed E-state index contributed by atoms with van der Waals surface area (Å²) in [7, 11) is 0. The van der Waals surface area contributed by atoms with Gasteiger partial charge in [-0.3, -0.25) is 4.79 Å². The fourth-order valence-corrected chi connectivity index (χ4v) is 3.47. The normalized spacial score (nSPS) is 35.0. The summed E-state index contributed by atoms with van der Waals surface area (Å²) in [6.07, 6.45) is 2.40. The summed E-state index contributed by atoms with van der Waals surface area (Å²) in [5, 5.41) is 9.17. The van der Waals surface area contributed by atoms with Crippen LogP contribution in [0, 0.1) is 5.92 Å². The molecule has 0 aromatic carbocycles. The number of aliphatic carboxylic acids is 1. The summed E-state index contributed by atoms with van der Waals surface area (Å²) in [5.74, 6) is -1.13. The molecule has 2 amide bonds. The van der Waals surface area contributed by atoms with Crippen LogP contribution in [0.25, 0.3) is 0 Å². The fourth-order valence-electron chi connectivity index (χ4n) is 3.47. The van der Waals surface area contributed by atoms with E-state index in [1.165, 1.54) is 0 Å². The number of rotatable bonds is 1. The van der Waals surface area contributed by atoms with Crippen molar-refractivity contribution in [3.8, 4) is 0 Å². The Kier molecular flexibility index (Phi) is 2.89. The van der Waals surface area contributed by atoms with Gasteiger partial charge in [-0.15, -0.1) is 0 Å². The van der Waals surface area contributed by atoms with Crippen molar-refractivity contribution in [2.24, 2.45) is 5.92 Å². The lowest BCUT2D eigenvalue weighted by atomic mass is 9.89. The van der Waals surface area contributed by atoms with Crippen LogP contribution in [0.15, 0.2) is 0 Å². The Morgan fingerprint density at radius 3 is 2.50 bits per heavy atom. The molecule has 0 aromatic rings. The molecule has 3 fully saturated rings. The van der Waals surface area contributed by atoms with Crippen LogP contribution >= 0.6 is 0 Å². The molecule has 0 saturated carbocycles. The van der Waals surface area contributed by atoms with Crippen molar-refractivity contribution in [3.63, 3.8) is 0 Å². The number of nitrogens with zero attached hydrogens (tertiary/aromatic N) is 2. The maximum Gasteiger partial charge on any atom is 0.320 e.